The smallest absolute Gasteiger partial charge is 0.144 e. The Morgan fingerprint density at radius 2 is 1.90 bits per heavy atom. The summed E-state index contributed by atoms with van der Waals surface area (Å²) in [6, 6.07) is 19.0. The van der Waals surface area contributed by atoms with Gasteiger partial charge >= 0.3 is 0 Å². The fraction of sp³-hybridized carbons (Fsp3) is 0.125. The Labute approximate surface area is 180 Å². The van der Waals surface area contributed by atoms with Crippen molar-refractivity contribution in [2.24, 2.45) is 0 Å². The predicted octanol–water partition coefficient (Wildman–Crippen LogP) is 4.80. The van der Waals surface area contributed by atoms with Crippen molar-refractivity contribution in [3.8, 4) is 17.6 Å². The number of fused-ring (bicyclic) bond motifs is 1. The summed E-state index contributed by atoms with van der Waals surface area (Å²) in [7, 11) is 0. The van der Waals surface area contributed by atoms with E-state index in [1.165, 1.54) is 0 Å². The van der Waals surface area contributed by atoms with Crippen molar-refractivity contribution >= 4 is 28.0 Å². The zero-order chi connectivity index (χ0) is 21.6. The van der Waals surface area contributed by atoms with E-state index in [0.29, 0.717) is 41.4 Å². The third-order valence-electron chi connectivity index (χ3n) is 4.66. The molecule has 0 spiro atoms. The molecule has 0 aliphatic rings. The second kappa shape index (κ2) is 9.01. The van der Waals surface area contributed by atoms with E-state index >= 15 is 0 Å². The van der Waals surface area contributed by atoms with Gasteiger partial charge in [-0.15, -0.1) is 0 Å². The first kappa shape index (κ1) is 20.0. The van der Waals surface area contributed by atoms with E-state index < -0.39 is 0 Å². The highest BCUT2D eigenvalue weighted by Gasteiger charge is 2.13. The van der Waals surface area contributed by atoms with Crippen molar-refractivity contribution < 1.29 is 9.47 Å². The monoisotopic (exact) mass is 411 g/mol. The molecule has 0 atom stereocenters. The van der Waals surface area contributed by atoms with Crippen LogP contribution in [0.2, 0.25) is 0 Å². The van der Waals surface area contributed by atoms with Crippen molar-refractivity contribution in [3.05, 3.63) is 78.2 Å². The van der Waals surface area contributed by atoms with Crippen molar-refractivity contribution in [2.45, 2.75) is 13.5 Å². The van der Waals surface area contributed by atoms with Crippen LogP contribution >= 0.6 is 0 Å². The van der Waals surface area contributed by atoms with Crippen molar-refractivity contribution in [3.63, 3.8) is 0 Å². The van der Waals surface area contributed by atoms with Crippen molar-refractivity contribution in [1.29, 1.82) is 5.26 Å². The van der Waals surface area contributed by atoms with Gasteiger partial charge in [-0.1, -0.05) is 6.07 Å². The second-order valence-corrected chi connectivity index (χ2v) is 6.76. The third-order valence-corrected chi connectivity index (χ3v) is 4.66. The number of nitrogens with two attached hydrogens (primary N) is 1. The SMILES string of the molecule is CCOc1cc2ncc(C#N)c(Nc3ccc(OCc4ccccn4)cc3)c2cc1N. The van der Waals surface area contributed by atoms with Crippen molar-refractivity contribution in [2.75, 3.05) is 17.7 Å². The molecule has 7 nitrogen and oxygen atoms in total. The average Bonchev–Trinajstić information content (AvgIpc) is 2.80. The van der Waals surface area contributed by atoms with E-state index in [9.17, 15) is 5.26 Å². The first-order valence-electron chi connectivity index (χ1n) is 9.83. The predicted molar refractivity (Wildman–Crippen MR) is 120 cm³/mol. The molecule has 4 rings (SSSR count). The van der Waals surface area contributed by atoms with Gasteiger partial charge in [-0.3, -0.25) is 9.97 Å². The van der Waals surface area contributed by atoms with E-state index in [4.69, 9.17) is 15.2 Å². The molecule has 0 aliphatic heterocycles. The largest absolute Gasteiger partial charge is 0.492 e. The number of aromatic nitrogens is 2. The molecule has 7 heteroatoms. The Morgan fingerprint density at radius 1 is 1.06 bits per heavy atom. The summed E-state index contributed by atoms with van der Waals surface area (Å²) in [5.41, 5.74) is 10.1. The van der Waals surface area contributed by atoms with E-state index in [2.05, 4.69) is 21.4 Å². The number of nitrogens with one attached hydrogen (secondary N) is 1. The number of nitriles is 1. The number of benzene rings is 2. The van der Waals surface area contributed by atoms with Crippen LogP contribution in [-0.4, -0.2) is 16.6 Å². The molecule has 0 aliphatic carbocycles. The Kier molecular flexibility index (Phi) is 5.81. The van der Waals surface area contributed by atoms with Gasteiger partial charge in [0.1, 0.15) is 24.2 Å². The molecule has 0 bridgehead atoms. The van der Waals surface area contributed by atoms with Gasteiger partial charge in [-0.05, 0) is 49.4 Å². The Morgan fingerprint density at radius 3 is 2.61 bits per heavy atom. The van der Waals surface area contributed by atoms with Gasteiger partial charge in [0, 0.05) is 29.5 Å². The maximum Gasteiger partial charge on any atom is 0.144 e. The highest BCUT2D eigenvalue weighted by molar-refractivity contribution is 5.98. The molecule has 2 heterocycles. The molecular weight excluding hydrogens is 390 g/mol. The number of rotatable bonds is 7. The fourth-order valence-corrected chi connectivity index (χ4v) is 3.16. The lowest BCUT2D eigenvalue weighted by atomic mass is 10.1. The maximum atomic E-state index is 9.57. The zero-order valence-electron chi connectivity index (χ0n) is 17.0. The normalized spacial score (nSPS) is 10.5. The van der Waals surface area contributed by atoms with E-state index in [1.807, 2.05) is 49.4 Å². The molecule has 0 radical (unpaired) electrons. The lowest BCUT2D eigenvalue weighted by Crippen LogP contribution is -2.01. The number of anilines is 3. The molecule has 2 aromatic heterocycles. The van der Waals surface area contributed by atoms with E-state index in [0.717, 1.165) is 22.5 Å². The number of pyridine rings is 2. The van der Waals surface area contributed by atoms with Gasteiger partial charge in [0.15, 0.2) is 0 Å². The molecule has 154 valence electrons. The van der Waals surface area contributed by atoms with Crippen LogP contribution in [0, 0.1) is 11.3 Å². The van der Waals surface area contributed by atoms with Gasteiger partial charge in [0.25, 0.3) is 0 Å². The summed E-state index contributed by atoms with van der Waals surface area (Å²) < 4.78 is 11.3. The van der Waals surface area contributed by atoms with Crippen LogP contribution in [0.4, 0.5) is 17.1 Å². The van der Waals surface area contributed by atoms with Gasteiger partial charge < -0.3 is 20.5 Å². The molecular formula is C24H21N5O2. The van der Waals surface area contributed by atoms with Crippen LogP contribution in [0.5, 0.6) is 11.5 Å². The Hall–Kier alpha value is -4.31. The molecule has 0 amide bonds. The number of hydrogen-bond acceptors (Lipinski definition) is 7. The zero-order valence-corrected chi connectivity index (χ0v) is 17.0. The van der Waals surface area contributed by atoms with Crippen LogP contribution in [0.15, 0.2) is 67.0 Å². The minimum atomic E-state index is 0.391. The Balaban J connectivity index is 1.58. The number of hydrogen-bond donors (Lipinski definition) is 2. The molecule has 31 heavy (non-hydrogen) atoms. The summed E-state index contributed by atoms with van der Waals surface area (Å²) in [5.74, 6) is 1.30. The topological polar surface area (TPSA) is 106 Å². The quantitative estimate of drug-likeness (QED) is 0.421. The third kappa shape index (κ3) is 4.49. The highest BCUT2D eigenvalue weighted by Crippen LogP contribution is 2.34. The number of nitrogen functional groups attached to an aromatic ring is 1. The maximum absolute atomic E-state index is 9.57. The average molecular weight is 411 g/mol. The minimum absolute atomic E-state index is 0.391. The summed E-state index contributed by atoms with van der Waals surface area (Å²) in [6.07, 6.45) is 3.28. The molecule has 0 saturated heterocycles. The van der Waals surface area contributed by atoms with Crippen molar-refractivity contribution in [1.82, 2.24) is 9.97 Å². The van der Waals surface area contributed by atoms with Crippen LogP contribution in [-0.2, 0) is 6.61 Å². The molecule has 3 N–H and O–H groups in total. The highest BCUT2D eigenvalue weighted by atomic mass is 16.5. The first-order chi connectivity index (χ1) is 15.2. The standard InChI is InChI=1S/C24H21N5O2/c1-2-30-23-12-22-20(11-21(23)26)24(16(13-25)14-28-22)29-17-6-8-19(9-7-17)31-15-18-5-3-4-10-27-18/h3-12,14H,2,15,26H2,1H3,(H,28,29). The molecule has 0 saturated carbocycles. The van der Waals surface area contributed by atoms with E-state index in [-0.39, 0.29) is 0 Å². The van der Waals surface area contributed by atoms with Gasteiger partial charge in [0.05, 0.1) is 34.8 Å². The summed E-state index contributed by atoms with van der Waals surface area (Å²) in [5, 5.41) is 13.6. The number of ether oxygens (including phenoxy) is 2. The lowest BCUT2D eigenvalue weighted by Gasteiger charge is -2.14. The molecule has 4 aromatic rings. The summed E-state index contributed by atoms with van der Waals surface area (Å²) in [6.45, 7) is 2.79. The summed E-state index contributed by atoms with van der Waals surface area (Å²) >= 11 is 0. The van der Waals surface area contributed by atoms with Gasteiger partial charge in [-0.25, -0.2) is 0 Å². The molecule has 0 fully saturated rings. The minimum Gasteiger partial charge on any atom is -0.492 e. The second-order valence-electron chi connectivity index (χ2n) is 6.76. The van der Waals surface area contributed by atoms with Gasteiger partial charge in [-0.2, -0.15) is 5.26 Å². The van der Waals surface area contributed by atoms with Crippen LogP contribution < -0.4 is 20.5 Å². The van der Waals surface area contributed by atoms with E-state index in [1.54, 1.807) is 24.5 Å². The Bertz CT molecular complexity index is 1240. The fourth-order valence-electron chi connectivity index (χ4n) is 3.16. The number of nitrogens with zero attached hydrogens (tertiary/aromatic N) is 3. The van der Waals surface area contributed by atoms with Crippen LogP contribution in [0.3, 0.4) is 0 Å². The van der Waals surface area contributed by atoms with Crippen LogP contribution in [0.1, 0.15) is 18.2 Å². The first-order valence-corrected chi connectivity index (χ1v) is 9.83. The molecule has 0 unspecified atom stereocenters. The summed E-state index contributed by atoms with van der Waals surface area (Å²) in [4.78, 5) is 8.63. The van der Waals surface area contributed by atoms with Crippen LogP contribution in [0.25, 0.3) is 10.9 Å². The van der Waals surface area contributed by atoms with Gasteiger partial charge in [0.2, 0.25) is 0 Å². The lowest BCUT2D eigenvalue weighted by molar-refractivity contribution is 0.301. The molecule has 2 aromatic carbocycles.